The van der Waals surface area contributed by atoms with E-state index in [0.717, 1.165) is 23.2 Å². The maximum Gasteiger partial charge on any atom is 0.242 e. The Hall–Kier alpha value is -0.710. The molecule has 0 aromatic heterocycles. The summed E-state index contributed by atoms with van der Waals surface area (Å²) in [6.45, 7) is 2.62. The van der Waals surface area contributed by atoms with Gasteiger partial charge in [-0.25, -0.2) is 22.0 Å². The van der Waals surface area contributed by atoms with Crippen LogP contribution in [-0.4, -0.2) is 46.9 Å². The molecule has 2 rings (SSSR count). The molecular weight excluding hydrogens is 364 g/mol. The molecular formula is C13H19ClN2O5S2. The number of halogens is 1. The first-order valence-electron chi connectivity index (χ1n) is 6.88. The van der Waals surface area contributed by atoms with E-state index in [-0.39, 0.29) is 16.5 Å². The Bertz CT molecular complexity index is 802. The van der Waals surface area contributed by atoms with E-state index in [0.29, 0.717) is 6.61 Å². The van der Waals surface area contributed by atoms with Crippen LogP contribution >= 0.6 is 11.6 Å². The Morgan fingerprint density at radius 1 is 1.35 bits per heavy atom. The largest absolute Gasteiger partial charge is 0.374 e. The molecule has 7 nitrogen and oxygen atoms in total. The van der Waals surface area contributed by atoms with Gasteiger partial charge in [0.15, 0.2) is 0 Å². The predicted octanol–water partition coefficient (Wildman–Crippen LogP) is 1.18. The number of sulfonamides is 2. The van der Waals surface area contributed by atoms with Crippen molar-refractivity contribution in [2.75, 3.05) is 20.2 Å². The van der Waals surface area contributed by atoms with Gasteiger partial charge in [-0.3, -0.25) is 0 Å². The number of ether oxygens (including phenoxy) is 1. The third-order valence-electron chi connectivity index (χ3n) is 3.77. The second-order valence-electron chi connectivity index (χ2n) is 5.80. The first-order valence-corrected chi connectivity index (χ1v) is 10.2. The number of primary sulfonamides is 1. The smallest absolute Gasteiger partial charge is 0.242 e. The molecule has 1 heterocycles. The van der Waals surface area contributed by atoms with Crippen molar-refractivity contribution in [1.82, 2.24) is 4.31 Å². The molecule has 130 valence electrons. The fraction of sp³-hybridized carbons (Fsp3) is 0.538. The topological polar surface area (TPSA) is 107 Å². The van der Waals surface area contributed by atoms with Gasteiger partial charge in [0.25, 0.3) is 0 Å². The number of benzene rings is 1. The molecule has 23 heavy (non-hydrogen) atoms. The summed E-state index contributed by atoms with van der Waals surface area (Å²) in [5, 5.41) is 4.93. The maximum atomic E-state index is 12.6. The third-order valence-corrected chi connectivity index (χ3v) is 6.97. The highest BCUT2D eigenvalue weighted by molar-refractivity contribution is 7.90. The minimum atomic E-state index is -4.12. The average Bonchev–Trinajstić information content (AvgIpc) is 2.84. The molecule has 2 N–H and O–H groups in total. The van der Waals surface area contributed by atoms with Gasteiger partial charge in [0.05, 0.1) is 15.5 Å². The van der Waals surface area contributed by atoms with Gasteiger partial charge < -0.3 is 4.74 Å². The van der Waals surface area contributed by atoms with Crippen molar-refractivity contribution in [3.63, 3.8) is 0 Å². The van der Waals surface area contributed by atoms with Gasteiger partial charge in [0.2, 0.25) is 20.0 Å². The standard InChI is InChI=1S/C13H19ClN2O5S2/c1-13(6-3-7-21-13)9-16(2)23(19,20)10-4-5-11(14)12(8-10)22(15,17)18/h4-5,8H,3,6-7,9H2,1-2H3,(H2,15,17,18)/t13-/m1/s1. The second kappa shape index (κ2) is 6.30. The molecule has 1 fully saturated rings. The molecule has 10 heteroatoms. The Kier molecular flexibility index (Phi) is 5.10. The highest BCUT2D eigenvalue weighted by atomic mass is 35.5. The lowest BCUT2D eigenvalue weighted by Crippen LogP contribution is -2.41. The first-order chi connectivity index (χ1) is 10.5. The van der Waals surface area contributed by atoms with Gasteiger partial charge in [-0.15, -0.1) is 0 Å². The molecule has 0 bridgehead atoms. The van der Waals surface area contributed by atoms with Crippen molar-refractivity contribution in [2.24, 2.45) is 5.14 Å². The lowest BCUT2D eigenvalue weighted by atomic mass is 10.0. The summed E-state index contributed by atoms with van der Waals surface area (Å²) in [6.07, 6.45) is 1.64. The maximum absolute atomic E-state index is 12.6. The molecule has 1 aliphatic heterocycles. The normalized spacial score (nSPS) is 22.7. The number of likely N-dealkylation sites (N-methyl/N-ethyl adjacent to an activating group) is 1. The van der Waals surface area contributed by atoms with E-state index >= 15 is 0 Å². The molecule has 1 aromatic carbocycles. The number of hydrogen-bond acceptors (Lipinski definition) is 5. The summed E-state index contributed by atoms with van der Waals surface area (Å²) in [7, 11) is -6.58. The van der Waals surface area contributed by atoms with Crippen LogP contribution < -0.4 is 5.14 Å². The molecule has 0 saturated carbocycles. The van der Waals surface area contributed by atoms with Crippen molar-refractivity contribution in [1.29, 1.82) is 0 Å². The van der Waals surface area contributed by atoms with Crippen LogP contribution in [0.5, 0.6) is 0 Å². The lowest BCUT2D eigenvalue weighted by Gasteiger charge is -2.28. The van der Waals surface area contributed by atoms with Crippen LogP contribution in [0.3, 0.4) is 0 Å². The number of nitrogens with two attached hydrogens (primary N) is 1. The van der Waals surface area contributed by atoms with Gasteiger partial charge in [-0.05, 0) is 38.0 Å². The number of hydrogen-bond donors (Lipinski definition) is 1. The van der Waals surface area contributed by atoms with Gasteiger partial charge in [0, 0.05) is 20.2 Å². The fourth-order valence-corrected chi connectivity index (χ4v) is 5.02. The molecule has 0 spiro atoms. The van der Waals surface area contributed by atoms with Crippen molar-refractivity contribution < 1.29 is 21.6 Å². The molecule has 1 aromatic rings. The monoisotopic (exact) mass is 382 g/mol. The summed E-state index contributed by atoms with van der Waals surface area (Å²) < 4.78 is 55.0. The van der Waals surface area contributed by atoms with Crippen molar-refractivity contribution in [3.8, 4) is 0 Å². The Morgan fingerprint density at radius 2 is 2.00 bits per heavy atom. The quantitative estimate of drug-likeness (QED) is 0.822. The molecule has 0 radical (unpaired) electrons. The third kappa shape index (κ3) is 4.04. The molecule has 1 aliphatic rings. The van der Waals surface area contributed by atoms with E-state index in [9.17, 15) is 16.8 Å². The summed E-state index contributed by atoms with van der Waals surface area (Å²) in [4.78, 5) is -0.605. The molecule has 1 atom stereocenters. The zero-order chi connectivity index (χ0) is 17.5. The number of nitrogens with zero attached hydrogens (tertiary/aromatic N) is 1. The van der Waals surface area contributed by atoms with E-state index in [1.54, 1.807) is 0 Å². The van der Waals surface area contributed by atoms with Gasteiger partial charge in [0.1, 0.15) is 4.90 Å². The van der Waals surface area contributed by atoms with E-state index < -0.39 is 30.5 Å². The van der Waals surface area contributed by atoms with Crippen molar-refractivity contribution >= 4 is 31.6 Å². The second-order valence-corrected chi connectivity index (χ2v) is 9.78. The first kappa shape index (κ1) is 18.6. The number of rotatable bonds is 5. The zero-order valence-electron chi connectivity index (χ0n) is 12.8. The Labute approximate surface area is 141 Å². The zero-order valence-corrected chi connectivity index (χ0v) is 15.2. The fourth-order valence-electron chi connectivity index (χ4n) is 2.56. The van der Waals surface area contributed by atoms with Crippen LogP contribution in [0, 0.1) is 0 Å². The van der Waals surface area contributed by atoms with E-state index in [2.05, 4.69) is 0 Å². The van der Waals surface area contributed by atoms with Crippen LogP contribution in [-0.2, 0) is 24.8 Å². The molecule has 1 saturated heterocycles. The average molecular weight is 383 g/mol. The highest BCUT2D eigenvalue weighted by Gasteiger charge is 2.35. The summed E-state index contributed by atoms with van der Waals surface area (Å²) in [6, 6.07) is 3.43. The molecule has 0 aliphatic carbocycles. The summed E-state index contributed by atoms with van der Waals surface area (Å²) >= 11 is 5.78. The van der Waals surface area contributed by atoms with Crippen molar-refractivity contribution in [2.45, 2.75) is 35.2 Å². The summed E-state index contributed by atoms with van der Waals surface area (Å²) in [5.74, 6) is 0. The van der Waals surface area contributed by atoms with Crippen LogP contribution in [0.2, 0.25) is 5.02 Å². The van der Waals surface area contributed by atoms with Crippen molar-refractivity contribution in [3.05, 3.63) is 23.2 Å². The van der Waals surface area contributed by atoms with Gasteiger partial charge in [-0.1, -0.05) is 11.6 Å². The van der Waals surface area contributed by atoms with Gasteiger partial charge in [-0.2, -0.15) is 4.31 Å². The minimum Gasteiger partial charge on any atom is -0.374 e. The van der Waals surface area contributed by atoms with Crippen LogP contribution in [0.15, 0.2) is 28.0 Å². The Balaban J connectivity index is 2.36. The molecule has 0 amide bonds. The predicted molar refractivity (Wildman–Crippen MR) is 86.2 cm³/mol. The highest BCUT2D eigenvalue weighted by Crippen LogP contribution is 2.29. The van der Waals surface area contributed by atoms with Crippen LogP contribution in [0.1, 0.15) is 19.8 Å². The van der Waals surface area contributed by atoms with Crippen LogP contribution in [0.4, 0.5) is 0 Å². The van der Waals surface area contributed by atoms with E-state index in [1.807, 2.05) is 6.92 Å². The minimum absolute atomic E-state index is 0.125. The van der Waals surface area contributed by atoms with Crippen LogP contribution in [0.25, 0.3) is 0 Å². The molecule has 0 unspecified atom stereocenters. The van der Waals surface area contributed by atoms with Gasteiger partial charge >= 0.3 is 0 Å². The van der Waals surface area contributed by atoms with E-state index in [1.165, 1.54) is 19.2 Å². The van der Waals surface area contributed by atoms with E-state index in [4.69, 9.17) is 21.5 Å². The SMILES string of the molecule is CN(C[C@@]1(C)CCCO1)S(=O)(=O)c1ccc(Cl)c(S(N)(=O)=O)c1. The summed E-state index contributed by atoms with van der Waals surface area (Å²) in [5.41, 5.74) is -0.545. The Morgan fingerprint density at radius 3 is 2.52 bits per heavy atom. The lowest BCUT2D eigenvalue weighted by molar-refractivity contribution is 0.00965.